The Morgan fingerprint density at radius 1 is 1.47 bits per heavy atom. The molecule has 5 nitrogen and oxygen atoms in total. The van der Waals surface area contributed by atoms with Crippen molar-refractivity contribution in [1.29, 1.82) is 0 Å². The van der Waals surface area contributed by atoms with E-state index in [4.69, 9.17) is 0 Å². The highest BCUT2D eigenvalue weighted by atomic mass is 32.2. The molecule has 0 atom stereocenters. The van der Waals surface area contributed by atoms with Crippen molar-refractivity contribution in [2.24, 2.45) is 4.99 Å². The second kappa shape index (κ2) is 3.99. The maximum Gasteiger partial charge on any atom is 0.275 e. The molecule has 0 radical (unpaired) electrons. The molecule has 1 aromatic heterocycles. The SMILES string of the molecule is CCC(C)(C)N=C1Nc2ccsc2S(=O)(=O)N1. The van der Waals surface area contributed by atoms with Crippen LogP contribution in [0.4, 0.5) is 5.69 Å². The molecule has 2 rings (SSSR count). The van der Waals surface area contributed by atoms with Crippen LogP contribution in [0.5, 0.6) is 0 Å². The minimum Gasteiger partial charge on any atom is -0.324 e. The van der Waals surface area contributed by atoms with Crippen LogP contribution in [0.2, 0.25) is 0 Å². The van der Waals surface area contributed by atoms with Gasteiger partial charge in [0.05, 0.1) is 11.2 Å². The lowest BCUT2D eigenvalue weighted by Crippen LogP contribution is -2.41. The van der Waals surface area contributed by atoms with Crippen LogP contribution in [-0.2, 0) is 10.0 Å². The van der Waals surface area contributed by atoms with Gasteiger partial charge in [-0.15, -0.1) is 11.3 Å². The van der Waals surface area contributed by atoms with E-state index in [1.165, 1.54) is 11.3 Å². The number of nitrogens with one attached hydrogen (secondary N) is 2. The van der Waals surface area contributed by atoms with Gasteiger partial charge in [-0.05, 0) is 31.7 Å². The van der Waals surface area contributed by atoms with Gasteiger partial charge < -0.3 is 5.32 Å². The topological polar surface area (TPSA) is 70.6 Å². The third-order valence-electron chi connectivity index (χ3n) is 2.64. The molecule has 1 aliphatic rings. The first-order chi connectivity index (χ1) is 7.84. The molecule has 17 heavy (non-hydrogen) atoms. The van der Waals surface area contributed by atoms with Crippen molar-refractivity contribution in [2.75, 3.05) is 5.32 Å². The van der Waals surface area contributed by atoms with Crippen molar-refractivity contribution in [3.8, 4) is 0 Å². The van der Waals surface area contributed by atoms with Gasteiger partial charge >= 0.3 is 0 Å². The Morgan fingerprint density at radius 3 is 2.82 bits per heavy atom. The van der Waals surface area contributed by atoms with Gasteiger partial charge in [-0.3, -0.25) is 0 Å². The van der Waals surface area contributed by atoms with Gasteiger partial charge in [-0.25, -0.2) is 18.1 Å². The van der Waals surface area contributed by atoms with Gasteiger partial charge in [-0.1, -0.05) is 6.92 Å². The highest BCUT2D eigenvalue weighted by Gasteiger charge is 2.29. The first-order valence-corrected chi connectivity index (χ1v) is 7.67. The fourth-order valence-electron chi connectivity index (χ4n) is 1.36. The average molecular weight is 273 g/mol. The highest BCUT2D eigenvalue weighted by Crippen LogP contribution is 2.30. The van der Waals surface area contributed by atoms with E-state index in [9.17, 15) is 8.42 Å². The van der Waals surface area contributed by atoms with Crippen LogP contribution in [0.3, 0.4) is 0 Å². The van der Waals surface area contributed by atoms with Crippen LogP contribution in [0.25, 0.3) is 0 Å². The summed E-state index contributed by atoms with van der Waals surface area (Å²) < 4.78 is 26.6. The number of anilines is 1. The second-order valence-corrected chi connectivity index (χ2v) is 7.27. The zero-order valence-electron chi connectivity index (χ0n) is 9.94. The van der Waals surface area contributed by atoms with E-state index in [-0.39, 0.29) is 5.54 Å². The lowest BCUT2D eigenvalue weighted by molar-refractivity contribution is 0.503. The summed E-state index contributed by atoms with van der Waals surface area (Å²) >= 11 is 1.19. The third-order valence-corrected chi connectivity index (χ3v) is 5.46. The van der Waals surface area contributed by atoms with Gasteiger partial charge in [0.15, 0.2) is 4.21 Å². The smallest absolute Gasteiger partial charge is 0.275 e. The number of guanidine groups is 1. The molecule has 94 valence electrons. The van der Waals surface area contributed by atoms with Crippen LogP contribution in [0.1, 0.15) is 27.2 Å². The van der Waals surface area contributed by atoms with Crippen molar-refractivity contribution < 1.29 is 8.42 Å². The van der Waals surface area contributed by atoms with Crippen LogP contribution in [0, 0.1) is 0 Å². The van der Waals surface area contributed by atoms with Crippen molar-refractivity contribution >= 4 is 33.0 Å². The molecule has 1 aromatic rings. The molecule has 0 fully saturated rings. The van der Waals surface area contributed by atoms with Crippen LogP contribution >= 0.6 is 11.3 Å². The van der Waals surface area contributed by atoms with Crippen molar-refractivity contribution in [1.82, 2.24) is 4.72 Å². The van der Waals surface area contributed by atoms with Gasteiger partial charge in [0.1, 0.15) is 0 Å². The Hall–Kier alpha value is -1.08. The van der Waals surface area contributed by atoms with E-state index < -0.39 is 10.0 Å². The molecule has 0 saturated heterocycles. The monoisotopic (exact) mass is 273 g/mol. The summed E-state index contributed by atoms with van der Waals surface area (Å²) in [7, 11) is -3.45. The first kappa shape index (κ1) is 12.4. The lowest BCUT2D eigenvalue weighted by atomic mass is 10.0. The van der Waals surface area contributed by atoms with E-state index in [0.717, 1.165) is 6.42 Å². The van der Waals surface area contributed by atoms with Gasteiger partial charge in [-0.2, -0.15) is 0 Å². The molecule has 0 saturated carbocycles. The Balaban J connectivity index is 2.40. The van der Waals surface area contributed by atoms with E-state index in [1.54, 1.807) is 11.4 Å². The van der Waals surface area contributed by atoms with Gasteiger partial charge in [0.25, 0.3) is 10.0 Å². The number of hydrogen-bond donors (Lipinski definition) is 2. The maximum atomic E-state index is 11.9. The minimum absolute atomic E-state index is 0.293. The average Bonchev–Trinajstić information content (AvgIpc) is 2.65. The molecule has 7 heteroatoms. The minimum atomic E-state index is -3.45. The second-order valence-electron chi connectivity index (χ2n) is 4.48. The molecule has 0 bridgehead atoms. The largest absolute Gasteiger partial charge is 0.324 e. The Morgan fingerprint density at radius 2 is 2.18 bits per heavy atom. The van der Waals surface area contributed by atoms with Gasteiger partial charge in [0.2, 0.25) is 5.96 Å². The molecule has 0 aromatic carbocycles. The van der Waals surface area contributed by atoms with E-state index >= 15 is 0 Å². The summed E-state index contributed by atoms with van der Waals surface area (Å²) in [4.78, 5) is 4.38. The Labute approximate surface area is 105 Å². The number of rotatable bonds is 2. The summed E-state index contributed by atoms with van der Waals surface area (Å²) in [5.74, 6) is 0.294. The van der Waals surface area contributed by atoms with E-state index in [1.807, 2.05) is 20.8 Å². The van der Waals surface area contributed by atoms with E-state index in [0.29, 0.717) is 15.9 Å². The molecule has 2 heterocycles. The molecule has 0 spiro atoms. The third kappa shape index (κ3) is 2.44. The number of sulfonamides is 1. The fourth-order valence-corrected chi connectivity index (χ4v) is 3.58. The standard InChI is InChI=1S/C10H15N3O2S2/c1-4-10(2,3)12-9-11-7-5-6-16-8(7)17(14,15)13-9/h5-6H,4H2,1-3H3,(H2,11,12,13). The zero-order valence-corrected chi connectivity index (χ0v) is 11.6. The highest BCUT2D eigenvalue weighted by molar-refractivity contribution is 7.92. The molecule has 0 unspecified atom stereocenters. The first-order valence-electron chi connectivity index (χ1n) is 5.31. The van der Waals surface area contributed by atoms with Crippen molar-refractivity contribution in [2.45, 2.75) is 36.9 Å². The number of aliphatic imine (C=N–C) groups is 1. The predicted molar refractivity (Wildman–Crippen MR) is 70.1 cm³/mol. The normalized spacial score (nSPS) is 20.5. The van der Waals surface area contributed by atoms with Crippen LogP contribution in [-0.4, -0.2) is 19.9 Å². The quantitative estimate of drug-likeness (QED) is 0.865. The van der Waals surface area contributed by atoms with Crippen LogP contribution in [0.15, 0.2) is 20.6 Å². The Bertz CT molecular complexity index is 558. The van der Waals surface area contributed by atoms with E-state index in [2.05, 4.69) is 15.0 Å². The van der Waals surface area contributed by atoms with Crippen molar-refractivity contribution in [3.63, 3.8) is 0 Å². The lowest BCUT2D eigenvalue weighted by Gasteiger charge is -2.23. The molecule has 2 N–H and O–H groups in total. The zero-order chi connectivity index (χ0) is 12.7. The fraction of sp³-hybridized carbons (Fsp3) is 0.500. The summed E-state index contributed by atoms with van der Waals surface area (Å²) in [6.07, 6.45) is 0.830. The molecular weight excluding hydrogens is 258 g/mol. The molecule has 1 aliphatic heterocycles. The summed E-state index contributed by atoms with van der Waals surface area (Å²) in [6, 6.07) is 1.74. The summed E-state index contributed by atoms with van der Waals surface area (Å²) in [5, 5.41) is 4.73. The predicted octanol–water partition coefficient (Wildman–Crippen LogP) is 2.00. The number of hydrogen-bond acceptors (Lipinski definition) is 4. The molecule has 0 aliphatic carbocycles. The number of fused-ring (bicyclic) bond motifs is 1. The molecule has 0 amide bonds. The number of thiophene rings is 1. The summed E-state index contributed by atoms with van der Waals surface area (Å²) in [5.41, 5.74) is 0.303. The maximum absolute atomic E-state index is 11.9. The van der Waals surface area contributed by atoms with Crippen LogP contribution < -0.4 is 10.0 Å². The summed E-state index contributed by atoms with van der Waals surface area (Å²) in [6.45, 7) is 5.93. The molecular formula is C10H15N3O2S2. The van der Waals surface area contributed by atoms with Gasteiger partial charge in [0, 0.05) is 0 Å². The number of nitrogens with zero attached hydrogens (tertiary/aromatic N) is 1. The Kier molecular flexibility index (Phi) is 2.90. The van der Waals surface area contributed by atoms with Crippen molar-refractivity contribution in [3.05, 3.63) is 11.4 Å².